The monoisotopic (exact) mass is 425 g/mol. The summed E-state index contributed by atoms with van der Waals surface area (Å²) in [6.07, 6.45) is 2.29. The first kappa shape index (κ1) is 18.4. The van der Waals surface area contributed by atoms with Gasteiger partial charge in [-0.15, -0.1) is 21.5 Å². The van der Waals surface area contributed by atoms with Gasteiger partial charge in [-0.25, -0.2) is 4.79 Å². The van der Waals surface area contributed by atoms with Gasteiger partial charge in [0, 0.05) is 22.7 Å². The van der Waals surface area contributed by atoms with E-state index in [0.717, 1.165) is 39.6 Å². The lowest BCUT2D eigenvalue weighted by atomic mass is 10.1. The van der Waals surface area contributed by atoms with Crippen LogP contribution in [0.2, 0.25) is 0 Å². The molecule has 0 atom stereocenters. The molecule has 0 N–H and O–H groups in total. The largest absolute Gasteiger partial charge is 0.460 e. The average Bonchev–Trinajstić information content (AvgIpc) is 3.15. The summed E-state index contributed by atoms with van der Waals surface area (Å²) in [6, 6.07) is 12.2. The van der Waals surface area contributed by atoms with Gasteiger partial charge in [-0.1, -0.05) is 36.0 Å². The molecule has 0 bridgehead atoms. The molecule has 8 heteroatoms. The van der Waals surface area contributed by atoms with Crippen LogP contribution in [0.15, 0.2) is 51.4 Å². The molecule has 4 aromatic rings. The van der Waals surface area contributed by atoms with Gasteiger partial charge in [0.25, 0.3) is 0 Å². The van der Waals surface area contributed by atoms with Gasteiger partial charge in [0.05, 0.1) is 11.5 Å². The minimum Gasteiger partial charge on any atom is -0.460 e. The van der Waals surface area contributed by atoms with Crippen LogP contribution < -0.4 is 0 Å². The zero-order valence-corrected chi connectivity index (χ0v) is 17.5. The molecule has 3 heterocycles. The van der Waals surface area contributed by atoms with E-state index in [1.165, 1.54) is 0 Å². The molecule has 0 spiro atoms. The van der Waals surface area contributed by atoms with Crippen LogP contribution >= 0.6 is 23.1 Å². The first-order valence-corrected chi connectivity index (χ1v) is 11.4. The van der Waals surface area contributed by atoms with Gasteiger partial charge in [-0.2, -0.15) is 0 Å². The van der Waals surface area contributed by atoms with Crippen LogP contribution in [-0.4, -0.2) is 27.3 Å². The van der Waals surface area contributed by atoms with E-state index < -0.39 is 5.97 Å². The molecule has 1 saturated carbocycles. The predicted octanol–water partition coefficient (Wildman–Crippen LogP) is 5.56. The predicted molar refractivity (Wildman–Crippen MR) is 113 cm³/mol. The van der Waals surface area contributed by atoms with Crippen LogP contribution in [-0.2, 0) is 10.5 Å². The van der Waals surface area contributed by atoms with Crippen molar-refractivity contribution >= 4 is 40.0 Å². The molecule has 0 amide bonds. The number of rotatable bonds is 7. The lowest BCUT2D eigenvalue weighted by Crippen LogP contribution is -2.06. The summed E-state index contributed by atoms with van der Waals surface area (Å²) in [4.78, 5) is 13.6. The Morgan fingerprint density at radius 2 is 2.14 bits per heavy atom. The molecule has 1 aliphatic carbocycles. The van der Waals surface area contributed by atoms with Crippen molar-refractivity contribution in [1.29, 1.82) is 0 Å². The van der Waals surface area contributed by atoms with Crippen LogP contribution in [0, 0.1) is 0 Å². The van der Waals surface area contributed by atoms with Crippen molar-refractivity contribution in [2.75, 3.05) is 6.61 Å². The quantitative estimate of drug-likeness (QED) is 0.285. The van der Waals surface area contributed by atoms with Crippen LogP contribution in [0.1, 0.15) is 41.9 Å². The summed E-state index contributed by atoms with van der Waals surface area (Å²) >= 11 is 3.25. The molecular formula is C21H19N3O3S2. The third kappa shape index (κ3) is 3.47. The SMILES string of the molecule is CCOC(=O)c1oc2ccccc2c1CSc1nnc(-c2cccs2)n1C1CC1. The Morgan fingerprint density at radius 1 is 1.28 bits per heavy atom. The Bertz CT molecular complexity index is 1160. The average molecular weight is 426 g/mol. The molecule has 0 aliphatic heterocycles. The van der Waals surface area contributed by atoms with Gasteiger partial charge in [0.1, 0.15) is 5.58 Å². The second kappa shape index (κ2) is 7.68. The zero-order valence-electron chi connectivity index (χ0n) is 15.8. The maximum atomic E-state index is 12.4. The van der Waals surface area contributed by atoms with Gasteiger partial charge in [-0.05, 0) is 37.3 Å². The Balaban J connectivity index is 1.48. The van der Waals surface area contributed by atoms with Crippen LogP contribution in [0.25, 0.3) is 21.7 Å². The van der Waals surface area contributed by atoms with Crippen molar-refractivity contribution in [1.82, 2.24) is 14.8 Å². The van der Waals surface area contributed by atoms with E-state index in [4.69, 9.17) is 9.15 Å². The van der Waals surface area contributed by atoms with E-state index in [9.17, 15) is 4.79 Å². The molecule has 1 aliphatic rings. The molecule has 148 valence electrons. The summed E-state index contributed by atoms with van der Waals surface area (Å²) in [5.41, 5.74) is 1.53. The second-order valence-electron chi connectivity index (χ2n) is 6.80. The summed E-state index contributed by atoms with van der Waals surface area (Å²) in [5, 5.41) is 12.8. The van der Waals surface area contributed by atoms with E-state index in [1.807, 2.05) is 30.3 Å². The van der Waals surface area contributed by atoms with E-state index in [-0.39, 0.29) is 5.76 Å². The van der Waals surface area contributed by atoms with Crippen molar-refractivity contribution in [3.63, 3.8) is 0 Å². The number of benzene rings is 1. The fourth-order valence-electron chi connectivity index (χ4n) is 3.35. The summed E-state index contributed by atoms with van der Waals surface area (Å²) in [6.45, 7) is 2.10. The van der Waals surface area contributed by atoms with E-state index in [2.05, 4.69) is 26.2 Å². The van der Waals surface area contributed by atoms with Gasteiger partial charge in [0.2, 0.25) is 5.76 Å². The highest BCUT2D eigenvalue weighted by atomic mass is 32.2. The first-order chi connectivity index (χ1) is 14.3. The number of hydrogen-bond donors (Lipinski definition) is 0. The number of ether oxygens (including phenoxy) is 1. The zero-order chi connectivity index (χ0) is 19.8. The minimum absolute atomic E-state index is 0.275. The Kier molecular flexibility index (Phi) is 4.89. The van der Waals surface area contributed by atoms with E-state index >= 15 is 0 Å². The lowest BCUT2D eigenvalue weighted by molar-refractivity contribution is 0.0491. The van der Waals surface area contributed by atoms with E-state index in [1.54, 1.807) is 30.0 Å². The highest BCUT2D eigenvalue weighted by Gasteiger charge is 2.31. The molecule has 0 saturated heterocycles. The fraction of sp³-hybridized carbons (Fsp3) is 0.286. The normalized spacial score (nSPS) is 13.8. The Morgan fingerprint density at radius 3 is 2.90 bits per heavy atom. The lowest BCUT2D eigenvalue weighted by Gasteiger charge is -2.08. The topological polar surface area (TPSA) is 70.2 Å². The number of nitrogens with zero attached hydrogens (tertiary/aromatic N) is 3. The van der Waals surface area contributed by atoms with Crippen molar-refractivity contribution in [2.45, 2.75) is 36.7 Å². The Labute approximate surface area is 175 Å². The number of thioether (sulfide) groups is 1. The number of carbonyl (C=O) groups excluding carboxylic acids is 1. The molecular weight excluding hydrogens is 406 g/mol. The van der Waals surface area contributed by atoms with Gasteiger partial charge in [-0.3, -0.25) is 4.57 Å². The number of para-hydroxylation sites is 1. The third-order valence-electron chi connectivity index (χ3n) is 4.82. The van der Waals surface area contributed by atoms with Crippen molar-refractivity contribution < 1.29 is 13.9 Å². The molecule has 0 radical (unpaired) electrons. The van der Waals surface area contributed by atoms with Gasteiger partial charge in [0.15, 0.2) is 11.0 Å². The number of esters is 1. The van der Waals surface area contributed by atoms with Crippen molar-refractivity contribution in [3.05, 3.63) is 53.1 Å². The Hall–Kier alpha value is -2.58. The van der Waals surface area contributed by atoms with Crippen LogP contribution in [0.5, 0.6) is 0 Å². The maximum absolute atomic E-state index is 12.4. The number of furan rings is 1. The first-order valence-electron chi connectivity index (χ1n) is 9.55. The molecule has 1 aromatic carbocycles. The number of hydrogen-bond acceptors (Lipinski definition) is 7. The summed E-state index contributed by atoms with van der Waals surface area (Å²) in [7, 11) is 0. The summed E-state index contributed by atoms with van der Waals surface area (Å²) in [5.74, 6) is 1.33. The highest BCUT2D eigenvalue weighted by Crippen LogP contribution is 2.42. The third-order valence-corrected chi connectivity index (χ3v) is 6.66. The molecule has 5 rings (SSSR count). The second-order valence-corrected chi connectivity index (χ2v) is 8.69. The molecule has 1 fully saturated rings. The van der Waals surface area contributed by atoms with Crippen LogP contribution in [0.4, 0.5) is 0 Å². The fourth-order valence-corrected chi connectivity index (χ4v) is 5.09. The molecule has 3 aromatic heterocycles. The van der Waals surface area contributed by atoms with Crippen molar-refractivity contribution in [2.24, 2.45) is 0 Å². The smallest absolute Gasteiger partial charge is 0.374 e. The van der Waals surface area contributed by atoms with Crippen LogP contribution in [0.3, 0.4) is 0 Å². The number of aromatic nitrogens is 3. The maximum Gasteiger partial charge on any atom is 0.374 e. The summed E-state index contributed by atoms with van der Waals surface area (Å²) < 4.78 is 13.3. The van der Waals surface area contributed by atoms with Gasteiger partial charge >= 0.3 is 5.97 Å². The molecule has 0 unspecified atom stereocenters. The standard InChI is InChI=1S/C21H19N3O3S2/c1-2-26-20(25)18-15(14-6-3-4-7-16(14)27-18)12-29-21-23-22-19(17-8-5-11-28-17)24(21)13-9-10-13/h3-8,11,13H,2,9-10,12H2,1H3. The number of carbonyl (C=O) groups is 1. The molecule has 6 nitrogen and oxygen atoms in total. The highest BCUT2D eigenvalue weighted by molar-refractivity contribution is 7.98. The number of thiophene rings is 1. The number of fused-ring (bicyclic) bond motifs is 1. The minimum atomic E-state index is -0.428. The van der Waals surface area contributed by atoms with Gasteiger partial charge < -0.3 is 9.15 Å². The van der Waals surface area contributed by atoms with E-state index in [0.29, 0.717) is 24.0 Å². The molecule has 29 heavy (non-hydrogen) atoms. The van der Waals surface area contributed by atoms with Crippen molar-refractivity contribution in [3.8, 4) is 10.7 Å².